The van der Waals surface area contributed by atoms with E-state index in [0.717, 1.165) is 30.0 Å². The van der Waals surface area contributed by atoms with Crippen LogP contribution in [-0.4, -0.2) is 49.8 Å². The first-order valence-corrected chi connectivity index (χ1v) is 13.1. The average Bonchev–Trinajstić information content (AvgIpc) is 2.84. The predicted molar refractivity (Wildman–Crippen MR) is 138 cm³/mol. The molecule has 2 fully saturated rings. The molecule has 2 heterocycles. The Labute approximate surface area is 212 Å². The van der Waals surface area contributed by atoms with Gasteiger partial charge in [-0.3, -0.25) is 4.79 Å². The molecule has 1 atom stereocenters. The Morgan fingerprint density at radius 3 is 2.62 bits per heavy atom. The average molecular weight is 505 g/mol. The van der Waals surface area contributed by atoms with Gasteiger partial charge >= 0.3 is 0 Å². The van der Waals surface area contributed by atoms with Crippen molar-refractivity contribution in [2.45, 2.75) is 56.9 Å². The molecule has 2 aliphatic rings. The van der Waals surface area contributed by atoms with Gasteiger partial charge in [0, 0.05) is 41.5 Å². The number of halogens is 2. The summed E-state index contributed by atoms with van der Waals surface area (Å²) in [6.07, 6.45) is 6.09. The number of ether oxygens (including phenoxy) is 2. The summed E-state index contributed by atoms with van der Waals surface area (Å²) in [6, 6.07) is 13.6. The van der Waals surface area contributed by atoms with Gasteiger partial charge in [-0.15, -0.1) is 0 Å². The third-order valence-electron chi connectivity index (χ3n) is 7.14. The summed E-state index contributed by atoms with van der Waals surface area (Å²) in [5.41, 5.74) is 0.776. The number of rotatable bonds is 8. The van der Waals surface area contributed by atoms with Crippen LogP contribution < -0.4 is 10.1 Å². The van der Waals surface area contributed by atoms with Gasteiger partial charge in [0.25, 0.3) is 0 Å². The largest absolute Gasteiger partial charge is 0.494 e. The Bertz CT molecular complexity index is 961. The molecule has 34 heavy (non-hydrogen) atoms. The zero-order valence-electron chi connectivity index (χ0n) is 19.8. The number of anilines is 1. The van der Waals surface area contributed by atoms with Crippen LogP contribution in [0, 0.1) is 0 Å². The molecule has 0 aliphatic carbocycles. The summed E-state index contributed by atoms with van der Waals surface area (Å²) in [6.45, 7) is 6.30. The van der Waals surface area contributed by atoms with Gasteiger partial charge in [-0.05, 0) is 87.5 Å². The number of amides is 1. The summed E-state index contributed by atoms with van der Waals surface area (Å²) in [7, 11) is 0. The van der Waals surface area contributed by atoms with Gasteiger partial charge in [0.15, 0.2) is 0 Å². The number of piperidine rings is 1. The van der Waals surface area contributed by atoms with Crippen molar-refractivity contribution in [3.8, 4) is 5.75 Å². The molecule has 7 heteroatoms. The van der Waals surface area contributed by atoms with Gasteiger partial charge in [0.1, 0.15) is 5.75 Å². The van der Waals surface area contributed by atoms with Crippen LogP contribution in [0.5, 0.6) is 5.75 Å². The minimum atomic E-state index is -0.749. The Hall–Kier alpha value is -1.79. The highest BCUT2D eigenvalue weighted by molar-refractivity contribution is 6.35. The number of nitrogens with one attached hydrogen (secondary N) is 1. The van der Waals surface area contributed by atoms with Gasteiger partial charge in [-0.25, -0.2) is 0 Å². The van der Waals surface area contributed by atoms with E-state index in [2.05, 4.69) is 17.1 Å². The Morgan fingerprint density at radius 2 is 1.91 bits per heavy atom. The molecule has 0 radical (unpaired) electrons. The minimum Gasteiger partial charge on any atom is -0.494 e. The third-order valence-corrected chi connectivity index (χ3v) is 7.69. The normalized spacial score (nSPS) is 20.6. The number of carbonyl (C=O) groups is 1. The van der Waals surface area contributed by atoms with E-state index in [1.807, 2.05) is 30.3 Å². The van der Waals surface area contributed by atoms with Gasteiger partial charge < -0.3 is 19.7 Å². The molecule has 4 rings (SSSR count). The van der Waals surface area contributed by atoms with Crippen LogP contribution in [0.3, 0.4) is 0 Å². The highest BCUT2D eigenvalue weighted by atomic mass is 35.5. The molecular weight excluding hydrogens is 471 g/mol. The monoisotopic (exact) mass is 504 g/mol. The molecule has 0 spiro atoms. The zero-order valence-corrected chi connectivity index (χ0v) is 21.3. The molecule has 1 amide bonds. The van der Waals surface area contributed by atoms with E-state index in [1.54, 1.807) is 12.1 Å². The van der Waals surface area contributed by atoms with Crippen molar-refractivity contribution in [2.75, 3.05) is 38.2 Å². The van der Waals surface area contributed by atoms with Crippen LogP contribution in [0.25, 0.3) is 0 Å². The molecule has 0 saturated carbocycles. The first-order chi connectivity index (χ1) is 16.5. The van der Waals surface area contributed by atoms with E-state index < -0.39 is 5.41 Å². The summed E-state index contributed by atoms with van der Waals surface area (Å²) in [5.74, 6) is 0.732. The third kappa shape index (κ3) is 6.06. The standard InChI is InChI=1S/C27H34Cl2N2O3/c1-20-5-2-3-14-31(20)15-4-16-34-23-9-7-22(8-10-23)30-26(32)27(12-17-33-18-13-27)24-11-6-21(28)19-25(24)29/h6-11,19-20H,2-5,12-18H2,1H3,(H,30,32)/t20-/m0/s1. The van der Waals surface area contributed by atoms with Gasteiger partial charge in [-0.1, -0.05) is 35.7 Å². The molecule has 2 aromatic rings. The SMILES string of the molecule is C[C@H]1CCCCN1CCCOc1ccc(NC(=O)C2(c3ccc(Cl)cc3Cl)CCOCC2)cc1. The van der Waals surface area contributed by atoms with Crippen molar-refractivity contribution in [1.82, 2.24) is 4.90 Å². The van der Waals surface area contributed by atoms with Crippen molar-refractivity contribution >= 4 is 34.8 Å². The van der Waals surface area contributed by atoms with E-state index in [-0.39, 0.29) is 5.91 Å². The topological polar surface area (TPSA) is 50.8 Å². The molecule has 184 valence electrons. The van der Waals surface area contributed by atoms with Crippen LogP contribution in [-0.2, 0) is 14.9 Å². The quantitative estimate of drug-likeness (QED) is 0.427. The number of nitrogens with zero attached hydrogens (tertiary/aromatic N) is 1. The molecular formula is C27H34Cl2N2O3. The van der Waals surface area contributed by atoms with Crippen molar-refractivity contribution in [2.24, 2.45) is 0 Å². The second-order valence-corrected chi connectivity index (χ2v) is 10.2. The van der Waals surface area contributed by atoms with Crippen LogP contribution in [0.1, 0.15) is 51.0 Å². The van der Waals surface area contributed by atoms with E-state index in [4.69, 9.17) is 32.7 Å². The summed E-state index contributed by atoms with van der Waals surface area (Å²) >= 11 is 12.6. The van der Waals surface area contributed by atoms with E-state index >= 15 is 0 Å². The zero-order chi connectivity index (χ0) is 24.0. The van der Waals surface area contributed by atoms with Crippen LogP contribution in [0.15, 0.2) is 42.5 Å². The van der Waals surface area contributed by atoms with Gasteiger partial charge in [-0.2, -0.15) is 0 Å². The first-order valence-electron chi connectivity index (χ1n) is 12.3. The second kappa shape index (κ2) is 11.8. The van der Waals surface area contributed by atoms with E-state index in [0.29, 0.717) is 48.7 Å². The van der Waals surface area contributed by atoms with Crippen LogP contribution in [0.4, 0.5) is 5.69 Å². The smallest absolute Gasteiger partial charge is 0.235 e. The van der Waals surface area contributed by atoms with Crippen LogP contribution in [0.2, 0.25) is 10.0 Å². The van der Waals surface area contributed by atoms with Crippen molar-refractivity contribution in [3.05, 3.63) is 58.1 Å². The summed E-state index contributed by atoms with van der Waals surface area (Å²) in [5, 5.41) is 4.15. The number of hydrogen-bond donors (Lipinski definition) is 1. The maximum atomic E-state index is 13.5. The molecule has 2 aromatic carbocycles. The molecule has 0 aromatic heterocycles. The second-order valence-electron chi connectivity index (χ2n) is 9.38. The number of carbonyl (C=O) groups excluding carboxylic acids is 1. The highest BCUT2D eigenvalue weighted by Crippen LogP contribution is 2.40. The Morgan fingerprint density at radius 1 is 1.15 bits per heavy atom. The molecule has 2 saturated heterocycles. The Balaban J connectivity index is 1.34. The highest BCUT2D eigenvalue weighted by Gasteiger charge is 2.43. The van der Waals surface area contributed by atoms with Gasteiger partial charge in [0.05, 0.1) is 12.0 Å². The number of benzene rings is 2. The lowest BCUT2D eigenvalue weighted by Crippen LogP contribution is -2.45. The lowest BCUT2D eigenvalue weighted by Gasteiger charge is -2.36. The van der Waals surface area contributed by atoms with Gasteiger partial charge in [0.2, 0.25) is 5.91 Å². The fraction of sp³-hybridized carbons (Fsp3) is 0.519. The van der Waals surface area contributed by atoms with Crippen molar-refractivity contribution in [1.29, 1.82) is 0 Å². The summed E-state index contributed by atoms with van der Waals surface area (Å²) in [4.78, 5) is 16.1. The lowest BCUT2D eigenvalue weighted by atomic mass is 9.73. The molecule has 1 N–H and O–H groups in total. The van der Waals surface area contributed by atoms with Crippen molar-refractivity contribution < 1.29 is 14.3 Å². The number of likely N-dealkylation sites (tertiary alicyclic amines) is 1. The lowest BCUT2D eigenvalue weighted by molar-refractivity contribution is -0.125. The maximum Gasteiger partial charge on any atom is 0.235 e. The Kier molecular flexibility index (Phi) is 8.75. The molecule has 0 unspecified atom stereocenters. The fourth-order valence-corrected chi connectivity index (χ4v) is 5.64. The predicted octanol–water partition coefficient (Wildman–Crippen LogP) is 6.32. The fourth-order valence-electron chi connectivity index (χ4n) is 5.05. The molecule has 0 bridgehead atoms. The number of hydrogen-bond acceptors (Lipinski definition) is 4. The summed E-state index contributed by atoms with van der Waals surface area (Å²) < 4.78 is 11.5. The maximum absolute atomic E-state index is 13.5. The van der Waals surface area contributed by atoms with Crippen LogP contribution >= 0.6 is 23.2 Å². The first kappa shape index (κ1) is 25.3. The van der Waals surface area contributed by atoms with E-state index in [9.17, 15) is 4.79 Å². The van der Waals surface area contributed by atoms with Crippen molar-refractivity contribution in [3.63, 3.8) is 0 Å². The van der Waals surface area contributed by atoms with E-state index in [1.165, 1.54) is 25.8 Å². The molecule has 5 nitrogen and oxygen atoms in total. The molecule has 2 aliphatic heterocycles. The minimum absolute atomic E-state index is 0.0793.